The van der Waals surface area contributed by atoms with Gasteiger partial charge >= 0.3 is 12.1 Å². The number of hydrogen-bond donors (Lipinski definition) is 0. The van der Waals surface area contributed by atoms with Crippen LogP contribution in [0, 0.1) is 0 Å². The summed E-state index contributed by atoms with van der Waals surface area (Å²) >= 11 is 0. The monoisotopic (exact) mass is 363 g/mol. The molecular weight excluding hydrogens is 351 g/mol. The van der Waals surface area contributed by atoms with Gasteiger partial charge in [0.2, 0.25) is 0 Å². The average Bonchev–Trinajstić information content (AvgIpc) is 2.62. The highest BCUT2D eigenvalue weighted by molar-refractivity contribution is 5.77. The standard InChI is InChI=1S/C17H12F3N3O3/c18-17(19,20)12-7-5-11(6-8-12)10-26-15(24)9-23-16(25)13-3-1-2-4-14(13)21-22-23/h1-8H,9-10H2. The summed E-state index contributed by atoms with van der Waals surface area (Å²) in [5.41, 5.74) is -0.470. The molecule has 0 N–H and O–H groups in total. The summed E-state index contributed by atoms with van der Waals surface area (Å²) in [6.45, 7) is -0.663. The highest BCUT2D eigenvalue weighted by atomic mass is 19.4. The van der Waals surface area contributed by atoms with Crippen molar-refractivity contribution >= 4 is 16.9 Å². The SMILES string of the molecule is O=C(Cn1nnc2ccccc2c1=O)OCc1ccc(C(F)(F)F)cc1. The molecule has 0 fully saturated rings. The number of hydrogen-bond acceptors (Lipinski definition) is 5. The molecule has 0 spiro atoms. The molecule has 2 aromatic carbocycles. The van der Waals surface area contributed by atoms with Crippen molar-refractivity contribution < 1.29 is 22.7 Å². The Morgan fingerprint density at radius 1 is 1.08 bits per heavy atom. The molecule has 26 heavy (non-hydrogen) atoms. The van der Waals surface area contributed by atoms with E-state index in [1.807, 2.05) is 0 Å². The van der Waals surface area contributed by atoms with E-state index in [0.29, 0.717) is 16.5 Å². The minimum atomic E-state index is -4.43. The molecule has 134 valence electrons. The van der Waals surface area contributed by atoms with Crippen LogP contribution in [0.3, 0.4) is 0 Å². The molecule has 1 aromatic heterocycles. The van der Waals surface area contributed by atoms with Crippen LogP contribution in [0.15, 0.2) is 53.3 Å². The normalized spacial score (nSPS) is 11.5. The van der Waals surface area contributed by atoms with Crippen molar-refractivity contribution in [2.24, 2.45) is 0 Å². The summed E-state index contributed by atoms with van der Waals surface area (Å²) in [4.78, 5) is 24.1. The van der Waals surface area contributed by atoms with Gasteiger partial charge in [-0.3, -0.25) is 9.59 Å². The maximum Gasteiger partial charge on any atom is 0.416 e. The zero-order chi connectivity index (χ0) is 18.7. The van der Waals surface area contributed by atoms with Crippen molar-refractivity contribution in [2.45, 2.75) is 19.3 Å². The molecule has 1 heterocycles. The van der Waals surface area contributed by atoms with Gasteiger partial charge < -0.3 is 4.74 Å². The third kappa shape index (κ3) is 3.88. The third-order valence-electron chi connectivity index (χ3n) is 3.59. The molecule has 0 radical (unpaired) electrons. The van der Waals surface area contributed by atoms with Crippen LogP contribution in [0.25, 0.3) is 10.9 Å². The highest BCUT2D eigenvalue weighted by Gasteiger charge is 2.29. The number of ether oxygens (including phenoxy) is 1. The van der Waals surface area contributed by atoms with Crippen LogP contribution in [-0.4, -0.2) is 21.0 Å². The predicted molar refractivity (Wildman–Crippen MR) is 85.0 cm³/mol. The number of esters is 1. The third-order valence-corrected chi connectivity index (χ3v) is 3.59. The maximum absolute atomic E-state index is 12.5. The highest BCUT2D eigenvalue weighted by Crippen LogP contribution is 2.29. The second-order valence-corrected chi connectivity index (χ2v) is 5.42. The van der Waals surface area contributed by atoms with Gasteiger partial charge in [-0.15, -0.1) is 5.10 Å². The lowest BCUT2D eigenvalue weighted by atomic mass is 10.1. The Morgan fingerprint density at radius 2 is 1.77 bits per heavy atom. The second-order valence-electron chi connectivity index (χ2n) is 5.42. The Balaban J connectivity index is 1.64. The van der Waals surface area contributed by atoms with E-state index in [0.717, 1.165) is 16.8 Å². The number of aromatic nitrogens is 3. The van der Waals surface area contributed by atoms with Gasteiger partial charge in [0.15, 0.2) is 0 Å². The summed E-state index contributed by atoms with van der Waals surface area (Å²) in [6, 6.07) is 10.8. The van der Waals surface area contributed by atoms with E-state index in [4.69, 9.17) is 4.74 Å². The molecule has 0 aliphatic rings. The minimum absolute atomic E-state index is 0.216. The Morgan fingerprint density at radius 3 is 2.46 bits per heavy atom. The first-order chi connectivity index (χ1) is 12.3. The van der Waals surface area contributed by atoms with Crippen LogP contribution < -0.4 is 5.56 Å². The van der Waals surface area contributed by atoms with Crippen molar-refractivity contribution in [3.05, 3.63) is 70.0 Å². The molecule has 0 unspecified atom stereocenters. The molecule has 0 aliphatic heterocycles. The zero-order valence-electron chi connectivity index (χ0n) is 13.2. The molecule has 0 saturated heterocycles. The van der Waals surface area contributed by atoms with E-state index in [2.05, 4.69) is 10.3 Å². The van der Waals surface area contributed by atoms with Gasteiger partial charge in [0.25, 0.3) is 5.56 Å². The Hall–Kier alpha value is -3.23. The van der Waals surface area contributed by atoms with Gasteiger partial charge in [0, 0.05) is 0 Å². The molecule has 3 aromatic rings. The van der Waals surface area contributed by atoms with E-state index in [-0.39, 0.29) is 6.61 Å². The predicted octanol–water partition coefficient (Wildman–Crippen LogP) is 2.55. The number of alkyl halides is 3. The van der Waals surface area contributed by atoms with Crippen molar-refractivity contribution in [1.29, 1.82) is 0 Å². The number of rotatable bonds is 4. The number of halogens is 3. The molecule has 0 amide bonds. The van der Waals surface area contributed by atoms with E-state index in [1.54, 1.807) is 24.3 Å². The number of fused-ring (bicyclic) bond motifs is 1. The fraction of sp³-hybridized carbons (Fsp3) is 0.176. The van der Waals surface area contributed by atoms with E-state index in [9.17, 15) is 22.8 Å². The summed E-state index contributed by atoms with van der Waals surface area (Å²) in [7, 11) is 0. The van der Waals surface area contributed by atoms with Crippen molar-refractivity contribution in [2.75, 3.05) is 0 Å². The van der Waals surface area contributed by atoms with Gasteiger partial charge in [-0.2, -0.15) is 17.9 Å². The molecule has 0 saturated carbocycles. The van der Waals surface area contributed by atoms with E-state index >= 15 is 0 Å². The maximum atomic E-state index is 12.5. The van der Waals surface area contributed by atoms with Crippen LogP contribution in [0.2, 0.25) is 0 Å². The number of nitrogens with zero attached hydrogens (tertiary/aromatic N) is 3. The first kappa shape index (κ1) is 17.6. The first-order valence-electron chi connectivity index (χ1n) is 7.49. The topological polar surface area (TPSA) is 74.1 Å². The van der Waals surface area contributed by atoms with Gasteiger partial charge in [-0.25, -0.2) is 0 Å². The fourth-order valence-electron chi connectivity index (χ4n) is 2.25. The molecule has 3 rings (SSSR count). The Labute approximate surface area is 144 Å². The average molecular weight is 363 g/mol. The van der Waals surface area contributed by atoms with Gasteiger partial charge in [-0.1, -0.05) is 29.5 Å². The van der Waals surface area contributed by atoms with E-state index in [1.165, 1.54) is 12.1 Å². The Kier molecular flexibility index (Phi) is 4.70. The lowest BCUT2D eigenvalue weighted by molar-refractivity contribution is -0.146. The molecule has 9 heteroatoms. The summed E-state index contributed by atoms with van der Waals surface area (Å²) < 4.78 is 43.3. The van der Waals surface area contributed by atoms with Crippen LogP contribution in [0.5, 0.6) is 0 Å². The minimum Gasteiger partial charge on any atom is -0.459 e. The van der Waals surface area contributed by atoms with Crippen molar-refractivity contribution in [1.82, 2.24) is 15.0 Å². The summed E-state index contributed by atoms with van der Waals surface area (Å²) in [5, 5.41) is 7.83. The van der Waals surface area contributed by atoms with Crippen LogP contribution >= 0.6 is 0 Å². The number of carbonyl (C=O) groups excluding carboxylic acids is 1. The lowest BCUT2D eigenvalue weighted by Crippen LogP contribution is -2.28. The van der Waals surface area contributed by atoms with E-state index < -0.39 is 29.8 Å². The van der Waals surface area contributed by atoms with Crippen molar-refractivity contribution in [3.63, 3.8) is 0 Å². The van der Waals surface area contributed by atoms with Crippen LogP contribution in [0.1, 0.15) is 11.1 Å². The Bertz CT molecular complexity index is 998. The van der Waals surface area contributed by atoms with Gasteiger partial charge in [0.05, 0.1) is 10.9 Å². The summed E-state index contributed by atoms with van der Waals surface area (Å²) in [5.74, 6) is -0.753. The summed E-state index contributed by atoms with van der Waals surface area (Å²) in [6.07, 6.45) is -4.43. The smallest absolute Gasteiger partial charge is 0.416 e. The lowest BCUT2D eigenvalue weighted by Gasteiger charge is -2.09. The number of benzene rings is 2. The van der Waals surface area contributed by atoms with Gasteiger partial charge in [0.1, 0.15) is 18.7 Å². The zero-order valence-corrected chi connectivity index (χ0v) is 13.2. The van der Waals surface area contributed by atoms with Gasteiger partial charge in [-0.05, 0) is 29.8 Å². The fourth-order valence-corrected chi connectivity index (χ4v) is 2.25. The van der Waals surface area contributed by atoms with Crippen LogP contribution in [0.4, 0.5) is 13.2 Å². The molecular formula is C17H12F3N3O3. The van der Waals surface area contributed by atoms with Crippen LogP contribution in [-0.2, 0) is 28.9 Å². The molecule has 6 nitrogen and oxygen atoms in total. The molecule has 0 atom stereocenters. The first-order valence-corrected chi connectivity index (χ1v) is 7.49. The van der Waals surface area contributed by atoms with Crippen molar-refractivity contribution in [3.8, 4) is 0 Å². The quantitative estimate of drug-likeness (QED) is 0.666. The molecule has 0 aliphatic carbocycles. The second kappa shape index (κ2) is 6.95. The number of carbonyl (C=O) groups is 1. The molecule has 0 bridgehead atoms. The largest absolute Gasteiger partial charge is 0.459 e.